The van der Waals surface area contributed by atoms with Crippen LogP contribution in [0.4, 0.5) is 0 Å². The molecule has 0 amide bonds. The van der Waals surface area contributed by atoms with Crippen LogP contribution in [0, 0.1) is 6.92 Å². The molecule has 0 saturated heterocycles. The van der Waals surface area contributed by atoms with Gasteiger partial charge in [0.2, 0.25) is 5.78 Å². The van der Waals surface area contributed by atoms with E-state index in [1.807, 2.05) is 31.2 Å². The molecule has 0 unspecified atom stereocenters. The van der Waals surface area contributed by atoms with Crippen LogP contribution < -0.4 is 14.2 Å². The van der Waals surface area contributed by atoms with E-state index < -0.39 is 0 Å². The molecule has 1 aliphatic rings. The molecule has 0 aliphatic carbocycles. The van der Waals surface area contributed by atoms with E-state index in [0.29, 0.717) is 22.8 Å². The van der Waals surface area contributed by atoms with Crippen molar-refractivity contribution in [1.82, 2.24) is 0 Å². The van der Waals surface area contributed by atoms with Crippen molar-refractivity contribution in [2.24, 2.45) is 0 Å². The van der Waals surface area contributed by atoms with Gasteiger partial charge in [-0.15, -0.1) is 0 Å². The van der Waals surface area contributed by atoms with Gasteiger partial charge in [0.05, 0.1) is 14.2 Å². The lowest BCUT2D eigenvalue weighted by Gasteiger charge is -2.07. The number of fused-ring (bicyclic) bond motifs is 1. The first kappa shape index (κ1) is 14.2. The van der Waals surface area contributed by atoms with E-state index in [4.69, 9.17) is 14.2 Å². The highest BCUT2D eigenvalue weighted by atomic mass is 16.5. The highest BCUT2D eigenvalue weighted by molar-refractivity contribution is 6.16. The molecule has 0 saturated carbocycles. The number of ketones is 1. The van der Waals surface area contributed by atoms with Crippen LogP contribution >= 0.6 is 0 Å². The molecule has 2 aromatic rings. The molecule has 0 bridgehead atoms. The Hall–Kier alpha value is -2.75. The van der Waals surface area contributed by atoms with Crippen LogP contribution in [0.2, 0.25) is 0 Å². The summed E-state index contributed by atoms with van der Waals surface area (Å²) in [5, 5.41) is 0. The molecule has 112 valence electrons. The number of carbonyl (C=O) groups excluding carboxylic acids is 1. The van der Waals surface area contributed by atoms with Crippen LogP contribution in [0.1, 0.15) is 21.5 Å². The monoisotopic (exact) mass is 296 g/mol. The number of benzene rings is 2. The first-order chi connectivity index (χ1) is 10.6. The Morgan fingerprint density at radius 1 is 1.05 bits per heavy atom. The third kappa shape index (κ3) is 2.44. The number of Topliss-reactive ketones (excluding diaryl/α,β-unsaturated/α-hetero) is 1. The fourth-order valence-electron chi connectivity index (χ4n) is 2.35. The zero-order valence-corrected chi connectivity index (χ0v) is 12.7. The van der Waals surface area contributed by atoms with Crippen molar-refractivity contribution >= 4 is 11.9 Å². The standard InChI is InChI=1S/C18H16O4/c1-11-4-6-12(7-5-11)8-16-18(19)17-14(21-3)9-13(20-2)10-15(17)22-16/h4-10H,1-3H3/b16-8-. The van der Waals surface area contributed by atoms with E-state index in [9.17, 15) is 4.79 Å². The second-order valence-corrected chi connectivity index (χ2v) is 5.05. The van der Waals surface area contributed by atoms with E-state index in [1.54, 1.807) is 25.3 Å². The second kappa shape index (κ2) is 5.56. The van der Waals surface area contributed by atoms with Crippen molar-refractivity contribution in [3.05, 3.63) is 58.8 Å². The van der Waals surface area contributed by atoms with Gasteiger partial charge in [-0.2, -0.15) is 0 Å². The van der Waals surface area contributed by atoms with Crippen molar-refractivity contribution in [3.63, 3.8) is 0 Å². The lowest BCUT2D eigenvalue weighted by atomic mass is 10.1. The summed E-state index contributed by atoms with van der Waals surface area (Å²) in [5.41, 5.74) is 2.50. The molecule has 0 fully saturated rings. The van der Waals surface area contributed by atoms with Crippen LogP contribution in [0.25, 0.3) is 6.08 Å². The molecule has 4 heteroatoms. The van der Waals surface area contributed by atoms with Crippen molar-refractivity contribution in [3.8, 4) is 17.2 Å². The fraction of sp³-hybridized carbons (Fsp3) is 0.167. The maximum Gasteiger partial charge on any atom is 0.235 e. The van der Waals surface area contributed by atoms with Gasteiger partial charge in [0, 0.05) is 12.1 Å². The summed E-state index contributed by atoms with van der Waals surface area (Å²) in [6, 6.07) is 11.2. The SMILES string of the molecule is COc1cc(OC)c2c(c1)O/C(=C\c1ccc(C)cc1)C2=O. The largest absolute Gasteiger partial charge is 0.496 e. The maximum atomic E-state index is 12.5. The third-order valence-electron chi connectivity index (χ3n) is 3.54. The van der Waals surface area contributed by atoms with Gasteiger partial charge in [0.15, 0.2) is 5.76 Å². The van der Waals surface area contributed by atoms with Crippen molar-refractivity contribution in [2.75, 3.05) is 14.2 Å². The van der Waals surface area contributed by atoms with Gasteiger partial charge >= 0.3 is 0 Å². The molecule has 0 spiro atoms. The quantitative estimate of drug-likeness (QED) is 0.811. The summed E-state index contributed by atoms with van der Waals surface area (Å²) in [5.74, 6) is 1.59. The van der Waals surface area contributed by atoms with Crippen LogP contribution in [0.15, 0.2) is 42.2 Å². The van der Waals surface area contributed by atoms with E-state index in [0.717, 1.165) is 11.1 Å². The second-order valence-electron chi connectivity index (χ2n) is 5.05. The minimum absolute atomic E-state index is 0.185. The average Bonchev–Trinajstić information content (AvgIpc) is 2.85. The summed E-state index contributed by atoms with van der Waals surface area (Å²) in [6.45, 7) is 2.02. The van der Waals surface area contributed by atoms with Gasteiger partial charge in [-0.05, 0) is 18.6 Å². The smallest absolute Gasteiger partial charge is 0.235 e. The highest BCUT2D eigenvalue weighted by Crippen LogP contribution is 2.41. The number of methoxy groups -OCH3 is 2. The number of rotatable bonds is 3. The van der Waals surface area contributed by atoms with Crippen LogP contribution in [-0.4, -0.2) is 20.0 Å². The van der Waals surface area contributed by atoms with E-state index in [2.05, 4.69) is 0 Å². The van der Waals surface area contributed by atoms with Gasteiger partial charge < -0.3 is 14.2 Å². The highest BCUT2D eigenvalue weighted by Gasteiger charge is 2.32. The Morgan fingerprint density at radius 3 is 2.41 bits per heavy atom. The Labute approximate surface area is 128 Å². The minimum Gasteiger partial charge on any atom is -0.496 e. The Kier molecular flexibility index (Phi) is 3.59. The number of aryl methyl sites for hydroxylation is 1. The molecule has 0 N–H and O–H groups in total. The average molecular weight is 296 g/mol. The topological polar surface area (TPSA) is 44.8 Å². The molecule has 1 aliphatic heterocycles. The number of allylic oxidation sites excluding steroid dienone is 1. The van der Waals surface area contributed by atoms with Crippen LogP contribution in [0.3, 0.4) is 0 Å². The zero-order chi connectivity index (χ0) is 15.7. The van der Waals surface area contributed by atoms with E-state index in [1.165, 1.54) is 7.11 Å². The summed E-state index contributed by atoms with van der Waals surface area (Å²) < 4.78 is 16.2. The van der Waals surface area contributed by atoms with Gasteiger partial charge in [0.1, 0.15) is 22.8 Å². The number of carbonyl (C=O) groups is 1. The molecule has 0 aromatic heterocycles. The van der Waals surface area contributed by atoms with Crippen LogP contribution in [-0.2, 0) is 0 Å². The molecule has 4 nitrogen and oxygen atoms in total. The Bertz CT molecular complexity index is 757. The fourth-order valence-corrected chi connectivity index (χ4v) is 2.35. The van der Waals surface area contributed by atoms with Gasteiger partial charge in [-0.25, -0.2) is 0 Å². The van der Waals surface area contributed by atoms with E-state index in [-0.39, 0.29) is 11.5 Å². The van der Waals surface area contributed by atoms with Gasteiger partial charge in [-0.1, -0.05) is 29.8 Å². The summed E-state index contributed by atoms with van der Waals surface area (Å²) in [7, 11) is 3.07. The molecule has 3 rings (SSSR count). The Balaban J connectivity index is 2.02. The first-order valence-corrected chi connectivity index (χ1v) is 6.89. The molecular weight excluding hydrogens is 280 g/mol. The van der Waals surface area contributed by atoms with Crippen molar-refractivity contribution in [2.45, 2.75) is 6.92 Å². The van der Waals surface area contributed by atoms with E-state index >= 15 is 0 Å². The first-order valence-electron chi connectivity index (χ1n) is 6.89. The number of hydrogen-bond donors (Lipinski definition) is 0. The maximum absolute atomic E-state index is 12.5. The summed E-state index contributed by atoms with van der Waals surface area (Å²) in [4.78, 5) is 12.5. The minimum atomic E-state index is -0.185. The van der Waals surface area contributed by atoms with Gasteiger partial charge in [-0.3, -0.25) is 4.79 Å². The lowest BCUT2D eigenvalue weighted by molar-refractivity contribution is 0.101. The summed E-state index contributed by atoms with van der Waals surface area (Å²) >= 11 is 0. The van der Waals surface area contributed by atoms with Crippen molar-refractivity contribution < 1.29 is 19.0 Å². The molecule has 2 aromatic carbocycles. The van der Waals surface area contributed by atoms with Crippen molar-refractivity contribution in [1.29, 1.82) is 0 Å². The molecule has 0 radical (unpaired) electrons. The number of ether oxygens (including phenoxy) is 3. The molecule has 0 atom stereocenters. The Morgan fingerprint density at radius 2 is 1.77 bits per heavy atom. The molecule has 1 heterocycles. The lowest BCUT2D eigenvalue weighted by Crippen LogP contribution is -2.00. The molecule has 22 heavy (non-hydrogen) atoms. The van der Waals surface area contributed by atoms with Gasteiger partial charge in [0.25, 0.3) is 0 Å². The van der Waals surface area contributed by atoms with Crippen LogP contribution in [0.5, 0.6) is 17.2 Å². The third-order valence-corrected chi connectivity index (χ3v) is 3.54. The normalized spacial score (nSPS) is 14.7. The zero-order valence-electron chi connectivity index (χ0n) is 12.7. The predicted octanol–water partition coefficient (Wildman–Crippen LogP) is 3.63. The number of hydrogen-bond acceptors (Lipinski definition) is 4. The predicted molar refractivity (Wildman–Crippen MR) is 83.7 cm³/mol. The summed E-state index contributed by atoms with van der Waals surface area (Å²) in [6.07, 6.45) is 1.73. The molecular formula is C18H16O4.